The Morgan fingerprint density at radius 1 is 1.50 bits per heavy atom. The van der Waals surface area contributed by atoms with Gasteiger partial charge in [-0.2, -0.15) is 0 Å². The van der Waals surface area contributed by atoms with E-state index in [0.717, 1.165) is 6.54 Å². The molecule has 0 heterocycles. The van der Waals surface area contributed by atoms with Gasteiger partial charge in [0.25, 0.3) is 0 Å². The van der Waals surface area contributed by atoms with Crippen LogP contribution in [0.5, 0.6) is 0 Å². The summed E-state index contributed by atoms with van der Waals surface area (Å²) in [7, 11) is 0. The Labute approximate surface area is 98.2 Å². The van der Waals surface area contributed by atoms with Gasteiger partial charge >= 0.3 is 0 Å². The van der Waals surface area contributed by atoms with E-state index >= 15 is 0 Å². The van der Waals surface area contributed by atoms with E-state index in [4.69, 9.17) is 5.73 Å². The molecule has 16 heavy (non-hydrogen) atoms. The first-order valence-corrected chi connectivity index (χ1v) is 6.21. The summed E-state index contributed by atoms with van der Waals surface area (Å²) in [5.74, 6) is 0.665. The first-order chi connectivity index (χ1) is 7.66. The van der Waals surface area contributed by atoms with Crippen LogP contribution >= 0.6 is 0 Å². The Kier molecular flexibility index (Phi) is 3.20. The second kappa shape index (κ2) is 4.46. The minimum absolute atomic E-state index is 0.119. The normalized spacial score (nSPS) is 29.3. The van der Waals surface area contributed by atoms with Crippen molar-refractivity contribution in [3.8, 4) is 0 Å². The Morgan fingerprint density at radius 3 is 2.88 bits per heavy atom. The zero-order valence-corrected chi connectivity index (χ0v) is 10.3. The highest BCUT2D eigenvalue weighted by molar-refractivity contribution is 5.48. The number of hydrogen-bond donors (Lipinski definition) is 2. The third-order valence-electron chi connectivity index (χ3n) is 3.98. The van der Waals surface area contributed by atoms with Crippen molar-refractivity contribution < 1.29 is 0 Å². The van der Waals surface area contributed by atoms with Crippen molar-refractivity contribution in [1.82, 2.24) is 0 Å². The Morgan fingerprint density at radius 2 is 2.31 bits per heavy atom. The van der Waals surface area contributed by atoms with Crippen LogP contribution in [0.3, 0.4) is 0 Å². The van der Waals surface area contributed by atoms with Gasteiger partial charge in [0.2, 0.25) is 0 Å². The first kappa shape index (κ1) is 11.5. The molecule has 1 aliphatic rings. The minimum Gasteiger partial charge on any atom is -0.378 e. The largest absolute Gasteiger partial charge is 0.378 e. The molecule has 0 saturated heterocycles. The lowest BCUT2D eigenvalue weighted by Crippen LogP contribution is -2.47. The molecule has 0 aliphatic heterocycles. The van der Waals surface area contributed by atoms with E-state index < -0.39 is 0 Å². The molecule has 1 aromatic carbocycles. The van der Waals surface area contributed by atoms with Crippen molar-refractivity contribution >= 4 is 5.69 Å². The molecule has 0 radical (unpaired) electrons. The summed E-state index contributed by atoms with van der Waals surface area (Å²) < 4.78 is 0. The zero-order chi connectivity index (χ0) is 11.6. The van der Waals surface area contributed by atoms with Crippen molar-refractivity contribution in [2.75, 3.05) is 11.9 Å². The van der Waals surface area contributed by atoms with Crippen molar-refractivity contribution in [3.63, 3.8) is 0 Å². The fourth-order valence-corrected chi connectivity index (χ4v) is 2.80. The molecule has 1 saturated carbocycles. The SMILES string of the molecule is Cc1cccc(NC2(CN)CCCC2C)c1. The Hall–Kier alpha value is -1.02. The maximum Gasteiger partial charge on any atom is 0.0521 e. The summed E-state index contributed by atoms with van der Waals surface area (Å²) in [4.78, 5) is 0. The van der Waals surface area contributed by atoms with Gasteiger partial charge < -0.3 is 11.1 Å². The van der Waals surface area contributed by atoms with E-state index in [1.165, 1.54) is 30.5 Å². The zero-order valence-electron chi connectivity index (χ0n) is 10.3. The summed E-state index contributed by atoms with van der Waals surface area (Å²) in [5.41, 5.74) is 8.60. The molecule has 1 aromatic rings. The molecule has 2 rings (SSSR count). The monoisotopic (exact) mass is 218 g/mol. The average Bonchev–Trinajstić information content (AvgIpc) is 2.61. The third kappa shape index (κ3) is 2.07. The second-order valence-corrected chi connectivity index (χ2v) is 5.15. The van der Waals surface area contributed by atoms with Gasteiger partial charge in [0.1, 0.15) is 0 Å². The molecular weight excluding hydrogens is 196 g/mol. The highest BCUT2D eigenvalue weighted by Crippen LogP contribution is 2.37. The molecule has 0 bridgehead atoms. The average molecular weight is 218 g/mol. The molecule has 0 spiro atoms. The third-order valence-corrected chi connectivity index (χ3v) is 3.98. The Bertz CT molecular complexity index is 362. The van der Waals surface area contributed by atoms with Crippen LogP contribution in [0.1, 0.15) is 31.7 Å². The lowest BCUT2D eigenvalue weighted by molar-refractivity contribution is 0.382. The number of nitrogens with one attached hydrogen (secondary N) is 1. The van der Waals surface area contributed by atoms with Crippen molar-refractivity contribution in [1.29, 1.82) is 0 Å². The van der Waals surface area contributed by atoms with Gasteiger partial charge in [-0.25, -0.2) is 0 Å². The van der Waals surface area contributed by atoms with Gasteiger partial charge in [0.05, 0.1) is 5.54 Å². The van der Waals surface area contributed by atoms with Gasteiger partial charge in [-0.05, 0) is 43.4 Å². The van der Waals surface area contributed by atoms with Gasteiger partial charge in [-0.1, -0.05) is 25.5 Å². The molecular formula is C14H22N2. The predicted octanol–water partition coefficient (Wildman–Crippen LogP) is 2.92. The molecule has 0 amide bonds. The van der Waals surface area contributed by atoms with E-state index in [2.05, 4.69) is 43.4 Å². The summed E-state index contributed by atoms with van der Waals surface area (Å²) >= 11 is 0. The van der Waals surface area contributed by atoms with Crippen LogP contribution in [-0.4, -0.2) is 12.1 Å². The summed E-state index contributed by atoms with van der Waals surface area (Å²) in [6.07, 6.45) is 3.77. The number of hydrogen-bond acceptors (Lipinski definition) is 2. The van der Waals surface area contributed by atoms with Crippen LogP contribution in [0.4, 0.5) is 5.69 Å². The minimum atomic E-state index is 0.119. The predicted molar refractivity (Wildman–Crippen MR) is 69.6 cm³/mol. The van der Waals surface area contributed by atoms with Crippen molar-refractivity contribution in [2.45, 2.75) is 38.6 Å². The van der Waals surface area contributed by atoms with Crippen LogP contribution < -0.4 is 11.1 Å². The smallest absolute Gasteiger partial charge is 0.0521 e. The van der Waals surface area contributed by atoms with Crippen molar-refractivity contribution in [2.24, 2.45) is 11.7 Å². The number of nitrogens with two attached hydrogens (primary N) is 1. The molecule has 1 fully saturated rings. The fraction of sp³-hybridized carbons (Fsp3) is 0.571. The maximum atomic E-state index is 5.98. The molecule has 3 N–H and O–H groups in total. The van der Waals surface area contributed by atoms with E-state index in [0.29, 0.717) is 5.92 Å². The standard InChI is InChI=1S/C14H22N2/c1-11-5-3-7-13(9-11)16-14(10-15)8-4-6-12(14)2/h3,5,7,9,12,16H,4,6,8,10,15H2,1-2H3. The Balaban J connectivity index is 2.18. The maximum absolute atomic E-state index is 5.98. The summed E-state index contributed by atoms with van der Waals surface area (Å²) in [5, 5.41) is 3.67. The molecule has 0 aromatic heterocycles. The number of benzene rings is 1. The van der Waals surface area contributed by atoms with Gasteiger partial charge in [0, 0.05) is 12.2 Å². The first-order valence-electron chi connectivity index (χ1n) is 6.21. The van der Waals surface area contributed by atoms with Crippen LogP contribution in [0, 0.1) is 12.8 Å². The molecule has 2 nitrogen and oxygen atoms in total. The van der Waals surface area contributed by atoms with E-state index in [1.54, 1.807) is 0 Å². The van der Waals surface area contributed by atoms with Crippen molar-refractivity contribution in [3.05, 3.63) is 29.8 Å². The highest BCUT2D eigenvalue weighted by atomic mass is 15.0. The van der Waals surface area contributed by atoms with Gasteiger partial charge in [-0.15, -0.1) is 0 Å². The van der Waals surface area contributed by atoms with Crippen LogP contribution in [0.15, 0.2) is 24.3 Å². The highest BCUT2D eigenvalue weighted by Gasteiger charge is 2.38. The summed E-state index contributed by atoms with van der Waals surface area (Å²) in [6.45, 7) is 5.16. The van der Waals surface area contributed by atoms with E-state index in [-0.39, 0.29) is 5.54 Å². The molecule has 2 unspecified atom stereocenters. The lowest BCUT2D eigenvalue weighted by atomic mass is 9.88. The topological polar surface area (TPSA) is 38.0 Å². The molecule has 2 heteroatoms. The van der Waals surface area contributed by atoms with E-state index in [9.17, 15) is 0 Å². The number of rotatable bonds is 3. The molecule has 88 valence electrons. The molecule has 1 aliphatic carbocycles. The number of anilines is 1. The fourth-order valence-electron chi connectivity index (χ4n) is 2.80. The summed E-state index contributed by atoms with van der Waals surface area (Å²) in [6, 6.07) is 8.55. The van der Waals surface area contributed by atoms with Crippen LogP contribution in [-0.2, 0) is 0 Å². The number of aryl methyl sites for hydroxylation is 1. The van der Waals surface area contributed by atoms with Crippen LogP contribution in [0.2, 0.25) is 0 Å². The van der Waals surface area contributed by atoms with E-state index in [1.807, 2.05) is 0 Å². The van der Waals surface area contributed by atoms with Crippen LogP contribution in [0.25, 0.3) is 0 Å². The van der Waals surface area contributed by atoms with Gasteiger partial charge in [-0.3, -0.25) is 0 Å². The molecule has 2 atom stereocenters. The lowest BCUT2D eigenvalue weighted by Gasteiger charge is -2.35. The quantitative estimate of drug-likeness (QED) is 0.818. The van der Waals surface area contributed by atoms with Gasteiger partial charge in [0.15, 0.2) is 0 Å². The second-order valence-electron chi connectivity index (χ2n) is 5.15.